The molecule has 0 bridgehead atoms. The Morgan fingerprint density at radius 2 is 1.50 bits per heavy atom. The van der Waals surface area contributed by atoms with Crippen molar-refractivity contribution in [1.29, 1.82) is 0 Å². The van der Waals surface area contributed by atoms with Gasteiger partial charge in [-0.3, -0.25) is 0 Å². The molecule has 0 radical (unpaired) electrons. The van der Waals surface area contributed by atoms with Gasteiger partial charge in [-0.15, -0.1) is 0 Å². The lowest BCUT2D eigenvalue weighted by Gasteiger charge is -2.44. The van der Waals surface area contributed by atoms with Crippen LogP contribution in [0.5, 0.6) is 0 Å². The summed E-state index contributed by atoms with van der Waals surface area (Å²) in [5.41, 5.74) is 2.92. The molecule has 2 heteroatoms. The standard InChI is InChI=1S/C12H16NS/c1-11(2)10(12(3,4)14-11)9-5-7-13-8-6-9/h5-8H,1-4H3/q-1/p+1. The van der Waals surface area contributed by atoms with Crippen molar-refractivity contribution in [2.75, 3.05) is 0 Å². The van der Waals surface area contributed by atoms with Crippen LogP contribution in [0, 0.1) is 0 Å². The molecule has 0 aromatic carbocycles. The number of hydrogen-bond acceptors (Lipinski definition) is 0. The van der Waals surface area contributed by atoms with Crippen LogP contribution in [0.15, 0.2) is 35.7 Å². The van der Waals surface area contributed by atoms with Crippen LogP contribution in [0.2, 0.25) is 0 Å². The summed E-state index contributed by atoms with van der Waals surface area (Å²) in [7, 11) is 0. The molecule has 0 N–H and O–H groups in total. The highest BCUT2D eigenvalue weighted by atomic mass is 32.2. The Bertz CT molecular complexity index is 315. The maximum Gasteiger partial charge on any atom is 0.148 e. The molecule has 0 unspecified atom stereocenters. The summed E-state index contributed by atoms with van der Waals surface area (Å²) < 4.78 is 0.676. The summed E-state index contributed by atoms with van der Waals surface area (Å²) >= 11 is 1.53. The molecule has 0 spiro atoms. The summed E-state index contributed by atoms with van der Waals surface area (Å²) in [6, 6.07) is 0. The fourth-order valence-electron chi connectivity index (χ4n) is 2.73. The van der Waals surface area contributed by atoms with Gasteiger partial charge < -0.3 is 5.32 Å². The summed E-state index contributed by atoms with van der Waals surface area (Å²) in [4.78, 5) is 0. The number of nitrogens with zero attached hydrogens (tertiary/aromatic N) is 1. The molecule has 1 saturated heterocycles. The molecule has 2 aliphatic rings. The minimum Gasteiger partial charge on any atom is -0.670 e. The maximum atomic E-state index is 4.07. The van der Waals surface area contributed by atoms with Crippen molar-refractivity contribution >= 4 is 11.8 Å². The van der Waals surface area contributed by atoms with Crippen LogP contribution in [-0.2, 0) is 11.8 Å². The first-order chi connectivity index (χ1) is 6.43. The number of rotatable bonds is 0. The van der Waals surface area contributed by atoms with Gasteiger partial charge in [0.25, 0.3) is 0 Å². The Labute approximate surface area is 90.3 Å². The van der Waals surface area contributed by atoms with E-state index in [0.717, 1.165) is 0 Å². The zero-order chi connectivity index (χ0) is 10.4. The third-order valence-corrected chi connectivity index (χ3v) is 4.32. The summed E-state index contributed by atoms with van der Waals surface area (Å²) in [5.74, 6) is 0. The lowest BCUT2D eigenvalue weighted by Crippen LogP contribution is -2.55. The molecule has 0 aromatic rings. The van der Waals surface area contributed by atoms with Crippen LogP contribution >= 0.6 is 0 Å². The van der Waals surface area contributed by atoms with Crippen LogP contribution < -0.4 is 0 Å². The molecule has 1 nitrogen and oxygen atoms in total. The Balaban J connectivity index is 2.44. The van der Waals surface area contributed by atoms with E-state index in [1.165, 1.54) is 17.3 Å². The Kier molecular flexibility index (Phi) is 2.07. The van der Waals surface area contributed by atoms with E-state index in [1.54, 1.807) is 5.57 Å². The van der Waals surface area contributed by atoms with E-state index in [4.69, 9.17) is 0 Å². The molecule has 0 amide bonds. The van der Waals surface area contributed by atoms with Crippen LogP contribution in [-0.4, -0.2) is 9.49 Å². The Morgan fingerprint density at radius 1 is 1.00 bits per heavy atom. The molecule has 2 aliphatic heterocycles. The molecule has 0 atom stereocenters. The predicted octanol–water partition coefficient (Wildman–Crippen LogP) is 3.08. The number of hydrogen-bond donors (Lipinski definition) is 0. The van der Waals surface area contributed by atoms with Gasteiger partial charge in [-0.05, 0) is 45.0 Å². The van der Waals surface area contributed by atoms with Crippen molar-refractivity contribution in [2.24, 2.45) is 0 Å². The van der Waals surface area contributed by atoms with Gasteiger partial charge in [-0.1, -0.05) is 12.2 Å². The van der Waals surface area contributed by atoms with E-state index in [9.17, 15) is 0 Å². The van der Waals surface area contributed by atoms with Crippen LogP contribution in [0.3, 0.4) is 0 Å². The van der Waals surface area contributed by atoms with Crippen molar-refractivity contribution in [3.8, 4) is 0 Å². The smallest absolute Gasteiger partial charge is 0.148 e. The average molecular weight is 207 g/mol. The van der Waals surface area contributed by atoms with E-state index in [1.807, 2.05) is 12.4 Å². The average Bonchev–Trinajstić information content (AvgIpc) is 2.01. The first-order valence-electron chi connectivity index (χ1n) is 4.96. The van der Waals surface area contributed by atoms with Gasteiger partial charge in [-0.25, -0.2) is 0 Å². The largest absolute Gasteiger partial charge is 0.670 e. The highest BCUT2D eigenvalue weighted by molar-refractivity contribution is 7.84. The molecular weight excluding hydrogens is 190 g/mol. The summed E-state index contributed by atoms with van der Waals surface area (Å²) in [5, 5.41) is 4.07. The minimum absolute atomic E-state index is 0.338. The molecule has 1 fully saturated rings. The SMILES string of the molecule is CC1(C)[SH+]C(C)(C)C1=C1C=C[N-]C=C1. The van der Waals surface area contributed by atoms with Crippen molar-refractivity contribution < 1.29 is 0 Å². The molecule has 0 aliphatic carbocycles. The molecule has 14 heavy (non-hydrogen) atoms. The second-order valence-electron chi connectivity index (χ2n) is 4.84. The monoisotopic (exact) mass is 207 g/mol. The van der Waals surface area contributed by atoms with E-state index in [0.29, 0.717) is 9.49 Å². The van der Waals surface area contributed by atoms with Crippen molar-refractivity contribution in [1.82, 2.24) is 0 Å². The second-order valence-corrected chi connectivity index (χ2v) is 7.30. The second kappa shape index (κ2) is 2.93. The van der Waals surface area contributed by atoms with Crippen LogP contribution in [0.1, 0.15) is 27.7 Å². The Morgan fingerprint density at radius 3 is 1.93 bits per heavy atom. The van der Waals surface area contributed by atoms with Crippen LogP contribution in [0.25, 0.3) is 5.32 Å². The van der Waals surface area contributed by atoms with Gasteiger partial charge in [0.15, 0.2) is 0 Å². The highest BCUT2D eigenvalue weighted by Gasteiger charge is 2.59. The highest BCUT2D eigenvalue weighted by Crippen LogP contribution is 2.49. The van der Waals surface area contributed by atoms with Crippen molar-refractivity contribution in [3.05, 3.63) is 41.0 Å². The molecule has 0 saturated carbocycles. The van der Waals surface area contributed by atoms with E-state index in [-0.39, 0.29) is 0 Å². The van der Waals surface area contributed by atoms with E-state index in [2.05, 4.69) is 45.2 Å². The number of thiol groups is 1. The van der Waals surface area contributed by atoms with Gasteiger partial charge in [0.05, 0.1) is 0 Å². The normalized spacial score (nSPS) is 27.1. The third-order valence-electron chi connectivity index (χ3n) is 2.75. The molecule has 0 aromatic heterocycles. The molecule has 2 heterocycles. The maximum absolute atomic E-state index is 4.07. The first-order valence-corrected chi connectivity index (χ1v) is 5.85. The zero-order valence-electron chi connectivity index (χ0n) is 9.20. The fourth-order valence-corrected chi connectivity index (χ4v) is 5.00. The predicted molar refractivity (Wildman–Crippen MR) is 65.6 cm³/mol. The van der Waals surface area contributed by atoms with Crippen LogP contribution in [0.4, 0.5) is 0 Å². The quantitative estimate of drug-likeness (QED) is 0.428. The topological polar surface area (TPSA) is 14.1 Å². The van der Waals surface area contributed by atoms with E-state index >= 15 is 0 Å². The lowest BCUT2D eigenvalue weighted by atomic mass is 9.84. The zero-order valence-corrected chi connectivity index (χ0v) is 10.1. The van der Waals surface area contributed by atoms with Gasteiger partial charge >= 0.3 is 0 Å². The third kappa shape index (κ3) is 1.42. The molecular formula is C12H17NS. The fraction of sp³-hybridized carbons (Fsp3) is 0.500. The van der Waals surface area contributed by atoms with Crippen molar-refractivity contribution in [2.45, 2.75) is 37.2 Å². The summed E-state index contributed by atoms with van der Waals surface area (Å²) in [6.45, 7) is 9.26. The minimum atomic E-state index is 0.338. The molecule has 76 valence electrons. The van der Waals surface area contributed by atoms with Crippen molar-refractivity contribution in [3.63, 3.8) is 0 Å². The van der Waals surface area contributed by atoms with Gasteiger partial charge in [0.1, 0.15) is 9.49 Å². The lowest BCUT2D eigenvalue weighted by molar-refractivity contribution is 0.622. The summed E-state index contributed by atoms with van der Waals surface area (Å²) in [6.07, 6.45) is 7.99. The Hall–Kier alpha value is -0.630. The number of allylic oxidation sites excluding steroid dienone is 3. The first kappa shape index (κ1) is 9.91. The van der Waals surface area contributed by atoms with Gasteiger partial charge in [0, 0.05) is 5.57 Å². The van der Waals surface area contributed by atoms with E-state index < -0.39 is 0 Å². The molecule has 2 rings (SSSR count). The van der Waals surface area contributed by atoms with Gasteiger partial charge in [-0.2, -0.15) is 12.4 Å². The van der Waals surface area contributed by atoms with Gasteiger partial charge in [0.2, 0.25) is 0 Å².